The highest BCUT2D eigenvalue weighted by Gasteiger charge is 2.40. The molecule has 2 aliphatic rings. The summed E-state index contributed by atoms with van der Waals surface area (Å²) in [6.45, 7) is 2.89. The number of benzene rings is 1. The fraction of sp³-hybridized carbons (Fsp3) is 0.286. The zero-order valence-corrected chi connectivity index (χ0v) is 21.4. The SMILES string of the molecule is CNc1cc(F)cc2c1[nH]c1ncc(-c3cnc4[nH]cc(C=O)c(=O)c4c3)c(N3CC4OCCN(C)C4C3)c12. The molecular weight excluding hydrogens is 501 g/mol. The van der Waals surface area contributed by atoms with Crippen LogP contribution in [-0.2, 0) is 4.74 Å². The van der Waals surface area contributed by atoms with Gasteiger partial charge in [0.15, 0.2) is 6.29 Å². The van der Waals surface area contributed by atoms with Crippen LogP contribution in [0.5, 0.6) is 0 Å². The quantitative estimate of drug-likeness (QED) is 0.305. The highest BCUT2D eigenvalue weighted by molar-refractivity contribution is 6.18. The van der Waals surface area contributed by atoms with Crippen molar-refractivity contribution in [3.63, 3.8) is 0 Å². The Labute approximate surface area is 221 Å². The van der Waals surface area contributed by atoms with E-state index in [0.29, 0.717) is 59.3 Å². The highest BCUT2D eigenvalue weighted by Crippen LogP contribution is 2.43. The molecule has 2 saturated heterocycles. The van der Waals surface area contributed by atoms with Crippen molar-refractivity contribution in [2.75, 3.05) is 50.6 Å². The van der Waals surface area contributed by atoms with Crippen LogP contribution in [0.2, 0.25) is 0 Å². The number of rotatable bonds is 4. The number of nitrogens with zero attached hydrogens (tertiary/aromatic N) is 4. The molecule has 198 valence electrons. The van der Waals surface area contributed by atoms with Crippen molar-refractivity contribution in [3.8, 4) is 11.1 Å². The summed E-state index contributed by atoms with van der Waals surface area (Å²) in [5.41, 5.74) is 4.35. The first-order valence-electron chi connectivity index (χ1n) is 12.8. The number of carbonyl (C=O) groups excluding carboxylic acids is 1. The predicted molar refractivity (Wildman–Crippen MR) is 148 cm³/mol. The number of carbonyl (C=O) groups is 1. The molecule has 3 N–H and O–H groups in total. The smallest absolute Gasteiger partial charge is 0.201 e. The van der Waals surface area contributed by atoms with Crippen LogP contribution < -0.4 is 15.6 Å². The highest BCUT2D eigenvalue weighted by atomic mass is 19.1. The van der Waals surface area contributed by atoms with Crippen molar-refractivity contribution in [3.05, 3.63) is 58.4 Å². The second-order valence-corrected chi connectivity index (χ2v) is 10.2. The van der Waals surface area contributed by atoms with Gasteiger partial charge in [0.2, 0.25) is 5.43 Å². The van der Waals surface area contributed by atoms with Gasteiger partial charge in [-0.2, -0.15) is 0 Å². The summed E-state index contributed by atoms with van der Waals surface area (Å²) in [5.74, 6) is -0.359. The zero-order chi connectivity index (χ0) is 26.8. The second-order valence-electron chi connectivity index (χ2n) is 10.2. The molecule has 39 heavy (non-hydrogen) atoms. The Morgan fingerprint density at radius 2 is 2.00 bits per heavy atom. The molecule has 6 heterocycles. The molecule has 0 saturated carbocycles. The Morgan fingerprint density at radius 3 is 2.79 bits per heavy atom. The monoisotopic (exact) mass is 527 g/mol. The molecule has 2 aliphatic heterocycles. The fourth-order valence-electron chi connectivity index (χ4n) is 6.04. The van der Waals surface area contributed by atoms with Gasteiger partial charge in [-0.1, -0.05) is 0 Å². The number of aromatic nitrogens is 4. The van der Waals surface area contributed by atoms with Crippen LogP contribution >= 0.6 is 0 Å². The Morgan fingerprint density at radius 1 is 1.15 bits per heavy atom. The topological polar surface area (TPSA) is 119 Å². The van der Waals surface area contributed by atoms with E-state index in [0.717, 1.165) is 28.7 Å². The summed E-state index contributed by atoms with van der Waals surface area (Å²) in [5, 5.41) is 4.88. The van der Waals surface area contributed by atoms with Crippen LogP contribution in [-0.4, -0.2) is 83.6 Å². The Kier molecular flexibility index (Phi) is 5.39. The van der Waals surface area contributed by atoms with E-state index in [2.05, 4.69) is 37.1 Å². The Balaban J connectivity index is 1.52. The first-order valence-corrected chi connectivity index (χ1v) is 12.8. The third-order valence-electron chi connectivity index (χ3n) is 8.03. The maximum absolute atomic E-state index is 14.8. The van der Waals surface area contributed by atoms with Crippen molar-refractivity contribution >= 4 is 50.6 Å². The van der Waals surface area contributed by atoms with Crippen LogP contribution in [0, 0.1) is 5.82 Å². The van der Waals surface area contributed by atoms with E-state index in [1.54, 1.807) is 25.5 Å². The summed E-state index contributed by atoms with van der Waals surface area (Å²) in [6, 6.07) is 4.92. The molecule has 0 bridgehead atoms. The van der Waals surface area contributed by atoms with Gasteiger partial charge in [-0.05, 0) is 25.2 Å². The van der Waals surface area contributed by atoms with Crippen molar-refractivity contribution < 1.29 is 13.9 Å². The molecule has 0 spiro atoms. The molecule has 5 aromatic rings. The average Bonchev–Trinajstić information content (AvgIpc) is 3.55. The van der Waals surface area contributed by atoms with Gasteiger partial charge in [0, 0.05) is 61.8 Å². The second kappa shape index (κ2) is 8.85. The van der Waals surface area contributed by atoms with Crippen molar-refractivity contribution in [1.29, 1.82) is 0 Å². The van der Waals surface area contributed by atoms with E-state index >= 15 is 0 Å². The standard InChI is InChI=1S/C28H26FN7O3/c1-30-20-7-16(29)6-17-23-25(36-11-21-22(12-36)39-4-3-35(21)2)19(10-33-28(23)34-24(17)20)14-5-18-26(38)15(13-37)9-32-27(18)31-8-14/h5-10,13,21-22,30H,3-4,11-12H2,1-2H3,(H,33,34)(H,31,32,38). The van der Waals surface area contributed by atoms with Gasteiger partial charge in [-0.25, -0.2) is 14.4 Å². The van der Waals surface area contributed by atoms with Crippen LogP contribution in [0.25, 0.3) is 44.1 Å². The molecule has 11 heteroatoms. The molecule has 2 unspecified atom stereocenters. The van der Waals surface area contributed by atoms with E-state index in [4.69, 9.17) is 9.72 Å². The van der Waals surface area contributed by atoms with Gasteiger partial charge in [-0.3, -0.25) is 14.5 Å². The van der Waals surface area contributed by atoms with Gasteiger partial charge in [0.25, 0.3) is 0 Å². The van der Waals surface area contributed by atoms with E-state index in [1.165, 1.54) is 18.3 Å². The Bertz CT molecular complexity index is 1850. The van der Waals surface area contributed by atoms with Crippen LogP contribution in [0.1, 0.15) is 10.4 Å². The number of aldehydes is 1. The third kappa shape index (κ3) is 3.61. The van der Waals surface area contributed by atoms with Gasteiger partial charge < -0.3 is 24.9 Å². The maximum atomic E-state index is 14.8. The number of nitrogens with one attached hydrogen (secondary N) is 3. The predicted octanol–water partition coefficient (Wildman–Crippen LogP) is 3.13. The van der Waals surface area contributed by atoms with E-state index in [-0.39, 0.29) is 23.5 Å². The lowest BCUT2D eigenvalue weighted by atomic mass is 10.0. The molecule has 2 fully saturated rings. The number of likely N-dealkylation sites (N-methyl/N-ethyl adjacent to an activating group) is 1. The first kappa shape index (κ1) is 23.7. The first-order chi connectivity index (χ1) is 19.0. The van der Waals surface area contributed by atoms with Gasteiger partial charge in [0.1, 0.15) is 17.1 Å². The average molecular weight is 528 g/mol. The summed E-state index contributed by atoms with van der Waals surface area (Å²) in [7, 11) is 3.86. The van der Waals surface area contributed by atoms with Gasteiger partial charge in [0.05, 0.1) is 52.0 Å². The summed E-state index contributed by atoms with van der Waals surface area (Å²) in [6.07, 6.45) is 5.38. The summed E-state index contributed by atoms with van der Waals surface area (Å²) in [4.78, 5) is 44.5. The molecule has 10 nitrogen and oxygen atoms in total. The third-order valence-corrected chi connectivity index (χ3v) is 8.03. The van der Waals surface area contributed by atoms with Crippen molar-refractivity contribution in [1.82, 2.24) is 24.8 Å². The van der Waals surface area contributed by atoms with E-state index in [9.17, 15) is 14.0 Å². The van der Waals surface area contributed by atoms with Gasteiger partial charge in [-0.15, -0.1) is 0 Å². The molecule has 0 radical (unpaired) electrons. The molecule has 7 rings (SSSR count). The minimum absolute atomic E-state index is 0.0300. The van der Waals surface area contributed by atoms with Crippen molar-refractivity contribution in [2.24, 2.45) is 0 Å². The fourth-order valence-corrected chi connectivity index (χ4v) is 6.04. The number of H-pyrrole nitrogens is 2. The van der Waals surface area contributed by atoms with Crippen LogP contribution in [0.15, 0.2) is 41.6 Å². The minimum atomic E-state index is -0.390. The number of hydrogen-bond acceptors (Lipinski definition) is 8. The maximum Gasteiger partial charge on any atom is 0.201 e. The number of aromatic amines is 2. The molecule has 0 amide bonds. The van der Waals surface area contributed by atoms with Gasteiger partial charge >= 0.3 is 0 Å². The zero-order valence-electron chi connectivity index (χ0n) is 21.4. The molecule has 1 aromatic carbocycles. The van der Waals surface area contributed by atoms with Crippen molar-refractivity contribution in [2.45, 2.75) is 12.1 Å². The molecular formula is C28H26FN7O3. The number of pyridine rings is 3. The largest absolute Gasteiger partial charge is 0.386 e. The lowest BCUT2D eigenvalue weighted by Crippen LogP contribution is -2.48. The summed E-state index contributed by atoms with van der Waals surface area (Å²) >= 11 is 0. The number of hydrogen-bond donors (Lipinski definition) is 3. The number of anilines is 2. The number of morpholine rings is 1. The minimum Gasteiger partial charge on any atom is -0.386 e. The van der Waals surface area contributed by atoms with Crippen LogP contribution in [0.3, 0.4) is 0 Å². The molecule has 4 aromatic heterocycles. The molecule has 0 aliphatic carbocycles. The Hall–Kier alpha value is -4.35. The van der Waals surface area contributed by atoms with E-state index < -0.39 is 5.43 Å². The summed E-state index contributed by atoms with van der Waals surface area (Å²) < 4.78 is 21.0. The number of fused-ring (bicyclic) bond motifs is 5. The lowest BCUT2D eigenvalue weighted by molar-refractivity contribution is -0.0362. The number of ether oxygens (including phenoxy) is 1. The normalized spacial score (nSPS) is 19.7. The van der Waals surface area contributed by atoms with Crippen LogP contribution in [0.4, 0.5) is 15.8 Å². The number of halogens is 1. The van der Waals surface area contributed by atoms with E-state index in [1.807, 2.05) is 0 Å². The molecule has 2 atom stereocenters. The lowest BCUT2D eigenvalue weighted by Gasteiger charge is -2.33.